The van der Waals surface area contributed by atoms with Crippen molar-refractivity contribution in [3.05, 3.63) is 81.7 Å². The molecule has 3 nitrogen and oxygen atoms in total. The molecule has 0 fully saturated rings. The highest BCUT2D eigenvalue weighted by Crippen LogP contribution is 2.36. The SMILES string of the molecule is O=C(Nc1ccc(Cl)c(C(F)(F)F)c1)c1ccc(-c2ncccc2Cl)cc1F. The van der Waals surface area contributed by atoms with E-state index in [1.807, 2.05) is 0 Å². The summed E-state index contributed by atoms with van der Waals surface area (Å²) in [7, 11) is 0. The van der Waals surface area contributed by atoms with Gasteiger partial charge in [-0.3, -0.25) is 9.78 Å². The first-order valence-corrected chi connectivity index (χ1v) is 8.51. The van der Waals surface area contributed by atoms with Crippen molar-refractivity contribution in [2.45, 2.75) is 6.18 Å². The summed E-state index contributed by atoms with van der Waals surface area (Å²) in [6.45, 7) is 0. The Hall–Kier alpha value is -2.64. The minimum absolute atomic E-state index is 0.169. The van der Waals surface area contributed by atoms with Gasteiger partial charge in [0.25, 0.3) is 5.91 Å². The number of hydrogen-bond donors (Lipinski definition) is 1. The van der Waals surface area contributed by atoms with Crippen molar-refractivity contribution in [3.63, 3.8) is 0 Å². The number of benzene rings is 2. The van der Waals surface area contributed by atoms with E-state index >= 15 is 0 Å². The Morgan fingerprint density at radius 2 is 1.75 bits per heavy atom. The number of aromatic nitrogens is 1. The first-order valence-electron chi connectivity index (χ1n) is 7.75. The van der Waals surface area contributed by atoms with Crippen molar-refractivity contribution in [1.82, 2.24) is 4.98 Å². The van der Waals surface area contributed by atoms with E-state index < -0.39 is 28.5 Å². The third-order valence-electron chi connectivity index (χ3n) is 3.78. The van der Waals surface area contributed by atoms with E-state index in [4.69, 9.17) is 23.2 Å². The van der Waals surface area contributed by atoms with Crippen LogP contribution in [0.25, 0.3) is 11.3 Å². The van der Waals surface area contributed by atoms with Crippen LogP contribution >= 0.6 is 23.2 Å². The first kappa shape index (κ1) is 20.1. The van der Waals surface area contributed by atoms with E-state index in [0.717, 1.165) is 12.1 Å². The number of hydrogen-bond acceptors (Lipinski definition) is 2. The Balaban J connectivity index is 1.87. The van der Waals surface area contributed by atoms with Gasteiger partial charge in [-0.2, -0.15) is 13.2 Å². The number of anilines is 1. The van der Waals surface area contributed by atoms with Gasteiger partial charge in [0.05, 0.1) is 26.9 Å². The van der Waals surface area contributed by atoms with E-state index in [9.17, 15) is 22.4 Å². The third kappa shape index (κ3) is 4.26. The topological polar surface area (TPSA) is 42.0 Å². The lowest BCUT2D eigenvalue weighted by atomic mass is 10.1. The van der Waals surface area contributed by atoms with Crippen molar-refractivity contribution in [2.24, 2.45) is 0 Å². The standard InChI is InChI=1S/C19H10Cl2F4N2O/c20-14-6-4-11(9-13(14)19(23,24)25)27-18(28)12-5-3-10(8-16(12)22)17-15(21)2-1-7-26-17/h1-9H,(H,27,28). The molecule has 0 atom stereocenters. The zero-order valence-corrected chi connectivity index (χ0v) is 15.3. The number of rotatable bonds is 3. The number of amides is 1. The largest absolute Gasteiger partial charge is 0.417 e. The fraction of sp³-hybridized carbons (Fsp3) is 0.0526. The van der Waals surface area contributed by atoms with Gasteiger partial charge in [-0.15, -0.1) is 0 Å². The molecule has 0 bridgehead atoms. The van der Waals surface area contributed by atoms with Crippen LogP contribution in [0.1, 0.15) is 15.9 Å². The average Bonchev–Trinajstić information content (AvgIpc) is 2.62. The first-order chi connectivity index (χ1) is 13.2. The van der Waals surface area contributed by atoms with Crippen LogP contribution in [-0.4, -0.2) is 10.9 Å². The van der Waals surface area contributed by atoms with E-state index in [1.54, 1.807) is 12.1 Å². The second-order valence-corrected chi connectivity index (χ2v) is 6.49. The van der Waals surface area contributed by atoms with Crippen LogP contribution in [0.5, 0.6) is 0 Å². The molecule has 2 aromatic carbocycles. The van der Waals surface area contributed by atoms with Gasteiger partial charge in [-0.25, -0.2) is 4.39 Å². The Morgan fingerprint density at radius 1 is 1.00 bits per heavy atom. The highest BCUT2D eigenvalue weighted by molar-refractivity contribution is 6.33. The third-order valence-corrected chi connectivity index (χ3v) is 4.41. The lowest BCUT2D eigenvalue weighted by Gasteiger charge is -2.12. The van der Waals surface area contributed by atoms with Crippen LogP contribution in [0.3, 0.4) is 0 Å². The molecule has 1 amide bonds. The van der Waals surface area contributed by atoms with Gasteiger partial charge < -0.3 is 5.32 Å². The minimum atomic E-state index is -4.69. The van der Waals surface area contributed by atoms with E-state index in [2.05, 4.69) is 10.3 Å². The molecule has 0 saturated carbocycles. The summed E-state index contributed by atoms with van der Waals surface area (Å²) in [6.07, 6.45) is -3.20. The zero-order chi connectivity index (χ0) is 20.5. The Kier molecular flexibility index (Phi) is 5.58. The molecule has 0 aliphatic rings. The molecular formula is C19H10Cl2F4N2O. The number of carbonyl (C=O) groups is 1. The van der Waals surface area contributed by atoms with Gasteiger partial charge in [-0.05, 0) is 42.5 Å². The van der Waals surface area contributed by atoms with Crippen molar-refractivity contribution in [1.29, 1.82) is 0 Å². The highest BCUT2D eigenvalue weighted by Gasteiger charge is 2.33. The second kappa shape index (κ2) is 7.77. The van der Waals surface area contributed by atoms with Crippen LogP contribution in [0.2, 0.25) is 10.0 Å². The van der Waals surface area contributed by atoms with Gasteiger partial charge in [0.15, 0.2) is 0 Å². The highest BCUT2D eigenvalue weighted by atomic mass is 35.5. The van der Waals surface area contributed by atoms with Crippen molar-refractivity contribution >= 4 is 34.8 Å². The van der Waals surface area contributed by atoms with Gasteiger partial charge in [0.1, 0.15) is 5.82 Å². The number of alkyl halides is 3. The monoisotopic (exact) mass is 428 g/mol. The summed E-state index contributed by atoms with van der Waals surface area (Å²) < 4.78 is 53.2. The molecular weight excluding hydrogens is 419 g/mol. The van der Waals surface area contributed by atoms with Crippen LogP contribution in [-0.2, 0) is 6.18 Å². The maximum absolute atomic E-state index is 14.4. The molecule has 0 aliphatic carbocycles. The molecule has 0 aliphatic heterocycles. The van der Waals surface area contributed by atoms with Crippen LogP contribution < -0.4 is 5.32 Å². The lowest BCUT2D eigenvalue weighted by Crippen LogP contribution is -2.15. The summed E-state index contributed by atoms with van der Waals surface area (Å²) in [5, 5.41) is 2.03. The Labute approximate surface area is 166 Å². The van der Waals surface area contributed by atoms with Crippen LogP contribution in [0.15, 0.2) is 54.7 Å². The molecule has 1 aromatic heterocycles. The van der Waals surface area contributed by atoms with Crippen LogP contribution in [0, 0.1) is 5.82 Å². The summed E-state index contributed by atoms with van der Waals surface area (Å²) in [5.74, 6) is -1.78. The van der Waals surface area contributed by atoms with E-state index in [0.29, 0.717) is 22.3 Å². The number of halogens is 6. The smallest absolute Gasteiger partial charge is 0.322 e. The predicted molar refractivity (Wildman–Crippen MR) is 99.0 cm³/mol. The fourth-order valence-corrected chi connectivity index (χ4v) is 2.92. The maximum Gasteiger partial charge on any atom is 0.417 e. The van der Waals surface area contributed by atoms with E-state index in [-0.39, 0.29) is 11.3 Å². The summed E-state index contributed by atoms with van der Waals surface area (Å²) in [4.78, 5) is 16.3. The minimum Gasteiger partial charge on any atom is -0.322 e. The van der Waals surface area contributed by atoms with Crippen molar-refractivity contribution in [2.75, 3.05) is 5.32 Å². The molecule has 1 heterocycles. The quantitative estimate of drug-likeness (QED) is 0.486. The normalized spacial score (nSPS) is 11.4. The second-order valence-electron chi connectivity index (χ2n) is 5.67. The zero-order valence-electron chi connectivity index (χ0n) is 13.8. The van der Waals surface area contributed by atoms with Gasteiger partial charge in [0, 0.05) is 17.4 Å². The molecule has 0 saturated heterocycles. The van der Waals surface area contributed by atoms with Gasteiger partial charge in [-0.1, -0.05) is 29.3 Å². The van der Waals surface area contributed by atoms with Crippen molar-refractivity contribution < 1.29 is 22.4 Å². The lowest BCUT2D eigenvalue weighted by molar-refractivity contribution is -0.137. The molecule has 144 valence electrons. The number of pyridine rings is 1. The molecule has 0 radical (unpaired) electrons. The molecule has 0 unspecified atom stereocenters. The van der Waals surface area contributed by atoms with E-state index in [1.165, 1.54) is 24.4 Å². The number of carbonyl (C=O) groups excluding carboxylic acids is 1. The average molecular weight is 429 g/mol. The van der Waals surface area contributed by atoms with Crippen molar-refractivity contribution in [3.8, 4) is 11.3 Å². The Morgan fingerprint density at radius 3 is 2.39 bits per heavy atom. The summed E-state index contributed by atoms with van der Waals surface area (Å²) >= 11 is 11.6. The summed E-state index contributed by atoms with van der Waals surface area (Å²) in [5.41, 5.74) is -0.932. The molecule has 3 aromatic rings. The maximum atomic E-state index is 14.4. The molecule has 3 rings (SSSR count). The predicted octanol–water partition coefficient (Wildman–Crippen LogP) is 6.47. The summed E-state index contributed by atoms with van der Waals surface area (Å²) in [6, 6.07) is 9.79. The van der Waals surface area contributed by atoms with Gasteiger partial charge in [0.2, 0.25) is 0 Å². The number of nitrogens with zero attached hydrogens (tertiary/aromatic N) is 1. The number of nitrogens with one attached hydrogen (secondary N) is 1. The molecule has 1 N–H and O–H groups in total. The molecule has 9 heteroatoms. The van der Waals surface area contributed by atoms with Crippen LogP contribution in [0.4, 0.5) is 23.2 Å². The molecule has 28 heavy (non-hydrogen) atoms. The molecule has 0 spiro atoms. The Bertz CT molecular complexity index is 1050. The van der Waals surface area contributed by atoms with Gasteiger partial charge >= 0.3 is 6.18 Å². The fourth-order valence-electron chi connectivity index (χ4n) is 2.46.